The summed E-state index contributed by atoms with van der Waals surface area (Å²) in [4.78, 5) is 33.3. The fourth-order valence-electron chi connectivity index (χ4n) is 1.67. The van der Waals surface area contributed by atoms with E-state index in [2.05, 4.69) is 35.8 Å². The predicted octanol–water partition coefficient (Wildman–Crippen LogP) is -0.935. The molecule has 0 aromatic carbocycles. The van der Waals surface area contributed by atoms with Gasteiger partial charge < -0.3 is 20.7 Å². The largest absolute Gasteiger partial charge is 0.480 e. The van der Waals surface area contributed by atoms with E-state index in [-0.39, 0.29) is 6.42 Å². The second-order valence-corrected chi connectivity index (χ2v) is 4.25. The van der Waals surface area contributed by atoms with Crippen molar-refractivity contribution >= 4 is 12.0 Å². The van der Waals surface area contributed by atoms with Gasteiger partial charge in [-0.2, -0.15) is 5.10 Å². The molecular formula is C11H15N7O3. The quantitative estimate of drug-likeness (QED) is 0.445. The average molecular weight is 293 g/mol. The van der Waals surface area contributed by atoms with Crippen LogP contribution in [0, 0.1) is 0 Å². The van der Waals surface area contributed by atoms with E-state index in [0.29, 0.717) is 24.5 Å². The molecule has 10 nitrogen and oxygen atoms in total. The Bertz CT molecular complexity index is 567. The summed E-state index contributed by atoms with van der Waals surface area (Å²) >= 11 is 0. The highest BCUT2D eigenvalue weighted by Crippen LogP contribution is 1.98. The summed E-state index contributed by atoms with van der Waals surface area (Å²) in [6.45, 7) is 0.317. The summed E-state index contributed by atoms with van der Waals surface area (Å²) < 4.78 is 0. The van der Waals surface area contributed by atoms with Gasteiger partial charge >= 0.3 is 12.0 Å². The molecule has 1 atom stereocenters. The summed E-state index contributed by atoms with van der Waals surface area (Å²) in [5.74, 6) is -0.475. The third-order valence-electron chi connectivity index (χ3n) is 2.69. The molecule has 10 heteroatoms. The Kier molecular flexibility index (Phi) is 4.85. The SMILES string of the molecule is O=C(NCCc1ncn[nH]1)NC(Cc1cnc[nH]1)C(=O)O. The number of carboxylic acids is 1. The van der Waals surface area contributed by atoms with Crippen molar-refractivity contribution in [1.29, 1.82) is 0 Å². The van der Waals surface area contributed by atoms with Gasteiger partial charge in [-0.15, -0.1) is 0 Å². The van der Waals surface area contributed by atoms with Crippen LogP contribution in [-0.2, 0) is 17.6 Å². The highest BCUT2D eigenvalue weighted by molar-refractivity contribution is 5.82. The van der Waals surface area contributed by atoms with E-state index >= 15 is 0 Å². The molecule has 0 radical (unpaired) electrons. The lowest BCUT2D eigenvalue weighted by molar-refractivity contribution is -0.139. The standard InChI is InChI=1S/C11H15N7O3/c19-10(20)8(3-7-4-12-5-14-7)17-11(21)13-2-1-9-15-6-16-18-9/h4-6,8H,1-3H2,(H,12,14)(H,19,20)(H2,13,17,21)(H,15,16,18). The molecule has 0 aliphatic heterocycles. The van der Waals surface area contributed by atoms with Gasteiger partial charge in [0.1, 0.15) is 18.2 Å². The van der Waals surface area contributed by atoms with Crippen LogP contribution >= 0.6 is 0 Å². The van der Waals surface area contributed by atoms with Crippen molar-refractivity contribution < 1.29 is 14.7 Å². The van der Waals surface area contributed by atoms with Gasteiger partial charge in [0, 0.05) is 31.3 Å². The Morgan fingerprint density at radius 2 is 2.29 bits per heavy atom. The minimum absolute atomic E-state index is 0.130. The number of hydrogen-bond acceptors (Lipinski definition) is 5. The van der Waals surface area contributed by atoms with Crippen molar-refractivity contribution in [3.05, 3.63) is 30.4 Å². The topological polar surface area (TPSA) is 149 Å². The van der Waals surface area contributed by atoms with Gasteiger partial charge in [-0.1, -0.05) is 0 Å². The van der Waals surface area contributed by atoms with Gasteiger partial charge in [-0.25, -0.2) is 19.6 Å². The Hall–Kier alpha value is -2.91. The first-order valence-corrected chi connectivity index (χ1v) is 6.24. The molecule has 21 heavy (non-hydrogen) atoms. The maximum absolute atomic E-state index is 11.7. The number of aromatic nitrogens is 5. The highest BCUT2D eigenvalue weighted by atomic mass is 16.4. The van der Waals surface area contributed by atoms with Gasteiger partial charge in [0.2, 0.25) is 0 Å². The first-order chi connectivity index (χ1) is 10.1. The highest BCUT2D eigenvalue weighted by Gasteiger charge is 2.20. The van der Waals surface area contributed by atoms with Gasteiger partial charge in [0.05, 0.1) is 6.33 Å². The number of carboxylic acid groups (broad SMARTS) is 1. The van der Waals surface area contributed by atoms with Crippen molar-refractivity contribution in [2.24, 2.45) is 0 Å². The molecule has 0 bridgehead atoms. The summed E-state index contributed by atoms with van der Waals surface area (Å²) in [5, 5.41) is 20.4. The lowest BCUT2D eigenvalue weighted by atomic mass is 10.2. The lowest BCUT2D eigenvalue weighted by Gasteiger charge is -2.14. The van der Waals surface area contributed by atoms with Crippen molar-refractivity contribution in [1.82, 2.24) is 35.8 Å². The van der Waals surface area contributed by atoms with Crippen molar-refractivity contribution in [2.75, 3.05) is 6.54 Å². The normalized spacial score (nSPS) is 11.8. The summed E-state index contributed by atoms with van der Waals surface area (Å²) in [6, 6.07) is -1.59. The van der Waals surface area contributed by atoms with Gasteiger partial charge in [-0.05, 0) is 0 Å². The average Bonchev–Trinajstić information content (AvgIpc) is 3.10. The molecule has 0 aliphatic rings. The zero-order valence-corrected chi connectivity index (χ0v) is 11.0. The van der Waals surface area contributed by atoms with Crippen LogP contribution in [0.25, 0.3) is 0 Å². The molecule has 0 spiro atoms. The minimum Gasteiger partial charge on any atom is -0.480 e. The number of aromatic amines is 2. The van der Waals surface area contributed by atoms with Crippen LogP contribution in [0.5, 0.6) is 0 Å². The molecule has 1 unspecified atom stereocenters. The van der Waals surface area contributed by atoms with Crippen LogP contribution in [-0.4, -0.2) is 54.8 Å². The summed E-state index contributed by atoms with van der Waals surface area (Å²) in [6.07, 6.45) is 4.95. The predicted molar refractivity (Wildman–Crippen MR) is 70.3 cm³/mol. The zero-order chi connectivity index (χ0) is 15.1. The fourth-order valence-corrected chi connectivity index (χ4v) is 1.67. The van der Waals surface area contributed by atoms with E-state index in [1.807, 2.05) is 0 Å². The molecule has 2 aromatic heterocycles. The van der Waals surface area contributed by atoms with Gasteiger partial charge in [0.15, 0.2) is 0 Å². The second-order valence-electron chi connectivity index (χ2n) is 4.25. The van der Waals surface area contributed by atoms with Crippen LogP contribution in [0.3, 0.4) is 0 Å². The van der Waals surface area contributed by atoms with E-state index in [1.165, 1.54) is 18.9 Å². The molecule has 0 fully saturated rings. The molecule has 2 heterocycles. The molecule has 0 saturated carbocycles. The number of rotatable bonds is 7. The van der Waals surface area contributed by atoms with Gasteiger partial charge in [0.25, 0.3) is 0 Å². The van der Waals surface area contributed by atoms with Crippen LogP contribution in [0.4, 0.5) is 4.79 Å². The minimum atomic E-state index is -1.12. The van der Waals surface area contributed by atoms with Crippen LogP contribution in [0.1, 0.15) is 11.5 Å². The van der Waals surface area contributed by atoms with Crippen LogP contribution in [0.2, 0.25) is 0 Å². The van der Waals surface area contributed by atoms with E-state index in [9.17, 15) is 9.59 Å². The Balaban J connectivity index is 1.76. The maximum atomic E-state index is 11.7. The molecule has 0 saturated heterocycles. The number of aliphatic carboxylic acids is 1. The third-order valence-corrected chi connectivity index (χ3v) is 2.69. The number of urea groups is 1. The molecule has 2 aromatic rings. The third kappa shape index (κ3) is 4.60. The van der Waals surface area contributed by atoms with Crippen molar-refractivity contribution in [3.8, 4) is 0 Å². The number of H-pyrrole nitrogens is 2. The summed E-state index contributed by atoms with van der Waals surface area (Å²) in [7, 11) is 0. The van der Waals surface area contributed by atoms with Crippen molar-refractivity contribution in [3.63, 3.8) is 0 Å². The lowest BCUT2D eigenvalue weighted by Crippen LogP contribution is -2.47. The summed E-state index contributed by atoms with van der Waals surface area (Å²) in [5.41, 5.74) is 0.629. The van der Waals surface area contributed by atoms with Gasteiger partial charge in [-0.3, -0.25) is 5.10 Å². The number of nitrogens with zero attached hydrogens (tertiary/aromatic N) is 3. The molecule has 2 rings (SSSR count). The monoisotopic (exact) mass is 293 g/mol. The molecular weight excluding hydrogens is 278 g/mol. The molecule has 5 N–H and O–H groups in total. The number of imidazole rings is 1. The van der Waals surface area contributed by atoms with Crippen LogP contribution < -0.4 is 10.6 Å². The smallest absolute Gasteiger partial charge is 0.326 e. The maximum Gasteiger partial charge on any atom is 0.326 e. The van der Waals surface area contributed by atoms with E-state index in [0.717, 1.165) is 0 Å². The number of carbonyl (C=O) groups excluding carboxylic acids is 1. The first-order valence-electron chi connectivity index (χ1n) is 6.24. The van der Waals surface area contributed by atoms with Crippen molar-refractivity contribution in [2.45, 2.75) is 18.9 Å². The number of amides is 2. The second kappa shape index (κ2) is 7.03. The fraction of sp³-hybridized carbons (Fsp3) is 0.364. The van der Waals surface area contributed by atoms with Crippen LogP contribution in [0.15, 0.2) is 18.9 Å². The van der Waals surface area contributed by atoms with E-state index in [1.54, 1.807) is 0 Å². The van der Waals surface area contributed by atoms with E-state index in [4.69, 9.17) is 5.11 Å². The van der Waals surface area contributed by atoms with E-state index < -0.39 is 18.0 Å². The number of nitrogens with one attached hydrogen (secondary N) is 4. The Labute approximate surface area is 119 Å². The number of carbonyl (C=O) groups is 2. The molecule has 2 amide bonds. The number of hydrogen-bond donors (Lipinski definition) is 5. The molecule has 0 aliphatic carbocycles. The Morgan fingerprint density at radius 3 is 2.90 bits per heavy atom. The molecule has 112 valence electrons. The Morgan fingerprint density at radius 1 is 1.43 bits per heavy atom. The first kappa shape index (κ1) is 14.5. The zero-order valence-electron chi connectivity index (χ0n) is 11.0.